The molecule has 98 valence electrons. The molecule has 0 aliphatic heterocycles. The smallest absolute Gasteiger partial charge is 0.232 e. The Balaban J connectivity index is 0.00000256. The van der Waals surface area contributed by atoms with Gasteiger partial charge in [-0.25, -0.2) is 8.42 Å². The summed E-state index contributed by atoms with van der Waals surface area (Å²) < 4.78 is 24.9. The van der Waals surface area contributed by atoms with Crippen LogP contribution in [0.2, 0.25) is 0 Å². The number of halogens is 1. The summed E-state index contributed by atoms with van der Waals surface area (Å²) in [5.74, 6) is 0.0280. The maximum atomic E-state index is 11.3. The quantitative estimate of drug-likeness (QED) is 0.746. The van der Waals surface area contributed by atoms with E-state index in [9.17, 15) is 13.5 Å². The minimum Gasteiger partial charge on any atom is -0.387 e. The Kier molecular flexibility index (Phi) is 6.48. The summed E-state index contributed by atoms with van der Waals surface area (Å²) in [6, 6.07) is 6.49. The number of rotatable bonds is 5. The maximum Gasteiger partial charge on any atom is 0.232 e. The van der Waals surface area contributed by atoms with Crippen LogP contribution in [0.3, 0.4) is 0 Å². The molecule has 1 aromatic rings. The van der Waals surface area contributed by atoms with E-state index in [4.69, 9.17) is 5.73 Å². The molecule has 1 atom stereocenters. The van der Waals surface area contributed by atoms with E-state index >= 15 is 0 Å². The van der Waals surface area contributed by atoms with Gasteiger partial charge in [-0.15, -0.1) is 12.4 Å². The maximum absolute atomic E-state index is 11.3. The first-order chi connectivity index (χ1) is 7.48. The summed E-state index contributed by atoms with van der Waals surface area (Å²) >= 11 is 0. The van der Waals surface area contributed by atoms with Crippen LogP contribution < -0.4 is 10.5 Å². The van der Waals surface area contributed by atoms with Crippen LogP contribution in [0.1, 0.15) is 18.6 Å². The molecule has 0 radical (unpaired) electrons. The first-order valence-electron chi connectivity index (χ1n) is 4.97. The van der Waals surface area contributed by atoms with Crippen LogP contribution in [0.15, 0.2) is 24.3 Å². The molecule has 0 aliphatic carbocycles. The van der Waals surface area contributed by atoms with Gasteiger partial charge >= 0.3 is 0 Å². The Morgan fingerprint density at radius 3 is 2.29 bits per heavy atom. The molecule has 0 spiro atoms. The minimum absolute atomic E-state index is 0. The average Bonchev–Trinajstić information content (AvgIpc) is 2.28. The summed E-state index contributed by atoms with van der Waals surface area (Å²) in [6.45, 7) is 1.70. The molecule has 7 heteroatoms. The van der Waals surface area contributed by atoms with Gasteiger partial charge in [-0.3, -0.25) is 4.72 Å². The number of nitrogens with one attached hydrogen (secondary N) is 1. The molecule has 0 fully saturated rings. The van der Waals surface area contributed by atoms with E-state index in [2.05, 4.69) is 4.72 Å². The molecular formula is C10H17ClN2O3S. The Hall–Kier alpha value is -0.820. The van der Waals surface area contributed by atoms with E-state index in [1.165, 1.54) is 0 Å². The van der Waals surface area contributed by atoms with E-state index < -0.39 is 16.1 Å². The predicted molar refractivity (Wildman–Crippen MR) is 70.8 cm³/mol. The second kappa shape index (κ2) is 6.80. The lowest BCUT2D eigenvalue weighted by Gasteiger charge is -2.10. The Bertz CT molecular complexity index is 433. The molecular weight excluding hydrogens is 264 g/mol. The molecule has 5 nitrogen and oxygen atoms in total. The highest BCUT2D eigenvalue weighted by Crippen LogP contribution is 2.16. The number of hydrogen-bond donors (Lipinski definition) is 3. The van der Waals surface area contributed by atoms with E-state index in [-0.39, 0.29) is 24.7 Å². The number of aliphatic hydroxyl groups excluding tert-OH is 1. The molecule has 17 heavy (non-hydrogen) atoms. The highest BCUT2D eigenvalue weighted by molar-refractivity contribution is 7.92. The molecule has 1 unspecified atom stereocenters. The Morgan fingerprint density at radius 2 is 1.88 bits per heavy atom. The van der Waals surface area contributed by atoms with Gasteiger partial charge in [0.25, 0.3) is 0 Å². The molecule has 0 saturated heterocycles. The lowest BCUT2D eigenvalue weighted by molar-refractivity contribution is 0.187. The standard InChI is InChI=1S/C10H16N2O3S.ClH/c1-2-16(14,15)12-9-5-3-8(4-6-9)10(13)7-11;/h3-6,10,12-13H,2,7,11H2,1H3;1H. The first-order valence-corrected chi connectivity index (χ1v) is 6.62. The highest BCUT2D eigenvalue weighted by Gasteiger charge is 2.08. The van der Waals surface area contributed by atoms with Crippen molar-refractivity contribution in [1.29, 1.82) is 0 Å². The van der Waals surface area contributed by atoms with Crippen molar-refractivity contribution in [3.63, 3.8) is 0 Å². The molecule has 1 rings (SSSR count). The Labute approximate surface area is 107 Å². The van der Waals surface area contributed by atoms with E-state index in [0.717, 1.165) is 0 Å². The van der Waals surface area contributed by atoms with Gasteiger partial charge in [0, 0.05) is 12.2 Å². The normalized spacial score (nSPS) is 12.6. The predicted octanol–water partition coefficient (Wildman–Crippen LogP) is 0.862. The van der Waals surface area contributed by atoms with E-state index in [0.29, 0.717) is 11.3 Å². The van der Waals surface area contributed by atoms with Crippen molar-refractivity contribution in [3.8, 4) is 0 Å². The van der Waals surface area contributed by atoms with Gasteiger partial charge in [-0.1, -0.05) is 12.1 Å². The monoisotopic (exact) mass is 280 g/mol. The van der Waals surface area contributed by atoms with Gasteiger partial charge < -0.3 is 10.8 Å². The molecule has 0 bridgehead atoms. The third-order valence-electron chi connectivity index (χ3n) is 2.17. The molecule has 1 aromatic carbocycles. The Morgan fingerprint density at radius 1 is 1.35 bits per heavy atom. The third kappa shape index (κ3) is 4.91. The van der Waals surface area contributed by atoms with E-state index in [1.54, 1.807) is 31.2 Å². The summed E-state index contributed by atoms with van der Waals surface area (Å²) in [6.07, 6.45) is -0.711. The van der Waals surface area contributed by atoms with Crippen molar-refractivity contribution in [2.24, 2.45) is 5.73 Å². The van der Waals surface area contributed by atoms with Crippen LogP contribution in [0.4, 0.5) is 5.69 Å². The first kappa shape index (κ1) is 16.2. The molecule has 4 N–H and O–H groups in total. The van der Waals surface area contributed by atoms with Gasteiger partial charge in [-0.2, -0.15) is 0 Å². The number of aliphatic hydroxyl groups is 1. The topological polar surface area (TPSA) is 92.4 Å². The molecule has 0 aromatic heterocycles. The van der Waals surface area contributed by atoms with Crippen molar-refractivity contribution in [2.45, 2.75) is 13.0 Å². The van der Waals surface area contributed by atoms with Crippen molar-refractivity contribution in [1.82, 2.24) is 0 Å². The fourth-order valence-corrected chi connectivity index (χ4v) is 1.80. The van der Waals surface area contributed by atoms with Crippen LogP contribution >= 0.6 is 12.4 Å². The molecule has 0 amide bonds. The van der Waals surface area contributed by atoms with Gasteiger partial charge in [0.15, 0.2) is 0 Å². The zero-order chi connectivity index (χ0) is 12.2. The second-order valence-corrected chi connectivity index (χ2v) is 5.39. The lowest BCUT2D eigenvalue weighted by atomic mass is 10.1. The largest absolute Gasteiger partial charge is 0.387 e. The average molecular weight is 281 g/mol. The SMILES string of the molecule is CCS(=O)(=O)Nc1ccc(C(O)CN)cc1.Cl. The zero-order valence-corrected chi connectivity index (χ0v) is 11.1. The van der Waals surface area contributed by atoms with Gasteiger partial charge in [0.1, 0.15) is 0 Å². The number of benzene rings is 1. The van der Waals surface area contributed by atoms with Crippen LogP contribution in [-0.2, 0) is 10.0 Å². The number of nitrogens with two attached hydrogens (primary N) is 1. The number of sulfonamides is 1. The van der Waals surface area contributed by atoms with Crippen molar-refractivity contribution in [2.75, 3.05) is 17.0 Å². The second-order valence-electron chi connectivity index (χ2n) is 3.38. The van der Waals surface area contributed by atoms with Crippen molar-refractivity contribution < 1.29 is 13.5 Å². The summed E-state index contributed by atoms with van der Waals surface area (Å²) in [5.41, 5.74) is 6.45. The number of anilines is 1. The molecule has 0 saturated carbocycles. The number of hydrogen-bond acceptors (Lipinski definition) is 4. The summed E-state index contributed by atoms with van der Waals surface area (Å²) in [4.78, 5) is 0. The van der Waals surface area contributed by atoms with Gasteiger partial charge in [0.05, 0.1) is 11.9 Å². The minimum atomic E-state index is -3.25. The van der Waals surface area contributed by atoms with Crippen LogP contribution in [0, 0.1) is 0 Å². The van der Waals surface area contributed by atoms with Gasteiger partial charge in [-0.05, 0) is 24.6 Å². The highest BCUT2D eigenvalue weighted by atomic mass is 35.5. The fraction of sp³-hybridized carbons (Fsp3) is 0.400. The molecule has 0 heterocycles. The van der Waals surface area contributed by atoms with Crippen LogP contribution in [0.5, 0.6) is 0 Å². The van der Waals surface area contributed by atoms with Crippen molar-refractivity contribution >= 4 is 28.1 Å². The fourth-order valence-electron chi connectivity index (χ4n) is 1.16. The van der Waals surface area contributed by atoms with Crippen molar-refractivity contribution in [3.05, 3.63) is 29.8 Å². The van der Waals surface area contributed by atoms with Crippen LogP contribution in [-0.4, -0.2) is 25.8 Å². The molecule has 0 aliphatic rings. The van der Waals surface area contributed by atoms with E-state index in [1.807, 2.05) is 0 Å². The summed E-state index contributed by atoms with van der Waals surface area (Å²) in [7, 11) is -3.25. The van der Waals surface area contributed by atoms with Crippen LogP contribution in [0.25, 0.3) is 0 Å². The van der Waals surface area contributed by atoms with Gasteiger partial charge in [0.2, 0.25) is 10.0 Å². The summed E-state index contributed by atoms with van der Waals surface area (Å²) in [5, 5.41) is 9.44. The zero-order valence-electron chi connectivity index (χ0n) is 9.46. The third-order valence-corrected chi connectivity index (χ3v) is 3.48. The lowest BCUT2D eigenvalue weighted by Crippen LogP contribution is -2.15.